The Balaban J connectivity index is 0.00000112. The maximum absolute atomic E-state index is 12.0. The molecular weight excluding hydrogens is 234 g/mol. The third-order valence-corrected chi connectivity index (χ3v) is 3.93. The van der Waals surface area contributed by atoms with Gasteiger partial charge in [-0.2, -0.15) is 0 Å². The molecule has 6 heteroatoms. The van der Waals surface area contributed by atoms with Crippen molar-refractivity contribution in [1.29, 1.82) is 0 Å². The molecular formula is C9H14ClN3OS. The Bertz CT molecular complexity index is 316. The molecule has 1 aliphatic rings. The van der Waals surface area contributed by atoms with E-state index in [1.807, 2.05) is 0 Å². The predicted octanol–water partition coefficient (Wildman–Crippen LogP) is 0.758. The van der Waals surface area contributed by atoms with Gasteiger partial charge in [0.05, 0.1) is 22.2 Å². The molecule has 1 fully saturated rings. The van der Waals surface area contributed by atoms with Crippen LogP contribution in [0.5, 0.6) is 0 Å². The van der Waals surface area contributed by atoms with E-state index >= 15 is 0 Å². The number of hydrogen-bond acceptors (Lipinski definition) is 4. The molecule has 1 aromatic rings. The quantitative estimate of drug-likeness (QED) is 0.838. The van der Waals surface area contributed by atoms with Crippen LogP contribution < -0.4 is 5.32 Å². The SMILES string of the molecule is Cl.O=S(c1cnccn1)C1CCCNC1. The zero-order valence-corrected chi connectivity index (χ0v) is 9.89. The average Bonchev–Trinajstić information content (AvgIpc) is 2.30. The first-order chi connectivity index (χ1) is 6.88. The summed E-state index contributed by atoms with van der Waals surface area (Å²) in [6, 6.07) is 0. The number of halogens is 1. The van der Waals surface area contributed by atoms with Crippen molar-refractivity contribution < 1.29 is 4.21 Å². The van der Waals surface area contributed by atoms with Crippen molar-refractivity contribution in [2.75, 3.05) is 13.1 Å². The summed E-state index contributed by atoms with van der Waals surface area (Å²) in [5.74, 6) is 0. The van der Waals surface area contributed by atoms with Gasteiger partial charge in [-0.05, 0) is 19.4 Å². The van der Waals surface area contributed by atoms with Crippen molar-refractivity contribution in [3.63, 3.8) is 0 Å². The second-order valence-electron chi connectivity index (χ2n) is 3.31. The van der Waals surface area contributed by atoms with E-state index in [-0.39, 0.29) is 17.7 Å². The van der Waals surface area contributed by atoms with Gasteiger partial charge < -0.3 is 5.32 Å². The molecule has 2 heterocycles. The number of hydrogen-bond donors (Lipinski definition) is 1. The van der Waals surface area contributed by atoms with Gasteiger partial charge in [0.15, 0.2) is 0 Å². The first kappa shape index (κ1) is 12.5. The molecule has 0 spiro atoms. The average molecular weight is 248 g/mol. The number of rotatable bonds is 2. The molecule has 1 aromatic heterocycles. The van der Waals surface area contributed by atoms with Crippen molar-refractivity contribution in [2.45, 2.75) is 23.1 Å². The molecule has 0 bridgehead atoms. The van der Waals surface area contributed by atoms with E-state index in [0.717, 1.165) is 25.9 Å². The van der Waals surface area contributed by atoms with E-state index in [4.69, 9.17) is 0 Å². The smallest absolute Gasteiger partial charge is 0.145 e. The van der Waals surface area contributed by atoms with Crippen LogP contribution in [-0.2, 0) is 10.8 Å². The lowest BCUT2D eigenvalue weighted by molar-refractivity contribution is 0.519. The summed E-state index contributed by atoms with van der Waals surface area (Å²) in [6.45, 7) is 1.86. The van der Waals surface area contributed by atoms with Gasteiger partial charge in [-0.25, -0.2) is 4.98 Å². The van der Waals surface area contributed by atoms with E-state index in [2.05, 4.69) is 15.3 Å². The molecule has 1 saturated heterocycles. The van der Waals surface area contributed by atoms with E-state index in [0.29, 0.717) is 5.03 Å². The zero-order chi connectivity index (χ0) is 9.80. The molecule has 1 aliphatic heterocycles. The summed E-state index contributed by atoms with van der Waals surface area (Å²) < 4.78 is 12.0. The van der Waals surface area contributed by atoms with Crippen LogP contribution in [0.2, 0.25) is 0 Å². The Morgan fingerprint density at radius 1 is 1.47 bits per heavy atom. The van der Waals surface area contributed by atoms with Crippen molar-refractivity contribution in [1.82, 2.24) is 15.3 Å². The lowest BCUT2D eigenvalue weighted by Gasteiger charge is -2.21. The largest absolute Gasteiger partial charge is 0.316 e. The van der Waals surface area contributed by atoms with Gasteiger partial charge in [-0.3, -0.25) is 9.19 Å². The molecule has 2 rings (SSSR count). The van der Waals surface area contributed by atoms with Gasteiger partial charge >= 0.3 is 0 Å². The molecule has 2 unspecified atom stereocenters. The van der Waals surface area contributed by atoms with E-state index in [1.54, 1.807) is 18.6 Å². The highest BCUT2D eigenvalue weighted by atomic mass is 35.5. The number of piperidine rings is 1. The first-order valence-electron chi connectivity index (χ1n) is 4.75. The second-order valence-corrected chi connectivity index (χ2v) is 4.99. The highest BCUT2D eigenvalue weighted by molar-refractivity contribution is 7.85. The van der Waals surface area contributed by atoms with Gasteiger partial charge in [-0.15, -0.1) is 12.4 Å². The van der Waals surface area contributed by atoms with Gasteiger partial charge in [0.25, 0.3) is 0 Å². The molecule has 0 amide bonds. The monoisotopic (exact) mass is 247 g/mol. The van der Waals surface area contributed by atoms with Crippen molar-refractivity contribution >= 4 is 23.2 Å². The number of nitrogens with one attached hydrogen (secondary N) is 1. The minimum absolute atomic E-state index is 0. The fraction of sp³-hybridized carbons (Fsp3) is 0.556. The fourth-order valence-corrected chi connectivity index (χ4v) is 2.88. The fourth-order valence-electron chi connectivity index (χ4n) is 1.56. The summed E-state index contributed by atoms with van der Waals surface area (Å²) in [5.41, 5.74) is 0. The summed E-state index contributed by atoms with van der Waals surface area (Å²) in [7, 11) is -1.01. The Kier molecular flexibility index (Phi) is 5.14. The minimum Gasteiger partial charge on any atom is -0.316 e. The zero-order valence-electron chi connectivity index (χ0n) is 8.26. The van der Waals surface area contributed by atoms with Crippen LogP contribution in [0.4, 0.5) is 0 Å². The van der Waals surface area contributed by atoms with Crippen LogP contribution in [0.1, 0.15) is 12.8 Å². The van der Waals surface area contributed by atoms with Crippen LogP contribution in [0, 0.1) is 0 Å². The van der Waals surface area contributed by atoms with Crippen LogP contribution in [-0.4, -0.2) is 32.5 Å². The van der Waals surface area contributed by atoms with E-state index in [1.165, 1.54) is 0 Å². The number of aromatic nitrogens is 2. The lowest BCUT2D eigenvalue weighted by atomic mass is 10.2. The van der Waals surface area contributed by atoms with Crippen molar-refractivity contribution in [3.8, 4) is 0 Å². The van der Waals surface area contributed by atoms with Gasteiger partial charge in [-0.1, -0.05) is 0 Å². The standard InChI is InChI=1S/C9H13N3OS.ClH/c13-14(8-2-1-3-10-6-8)9-7-11-4-5-12-9;/h4-5,7-8,10H,1-3,6H2;1H. The molecule has 0 radical (unpaired) electrons. The van der Waals surface area contributed by atoms with Gasteiger partial charge in [0.2, 0.25) is 0 Å². The van der Waals surface area contributed by atoms with Crippen LogP contribution in [0.15, 0.2) is 23.6 Å². The van der Waals surface area contributed by atoms with Crippen LogP contribution in [0.25, 0.3) is 0 Å². The molecule has 0 aliphatic carbocycles. The molecule has 0 saturated carbocycles. The Morgan fingerprint density at radius 3 is 2.93 bits per heavy atom. The third kappa shape index (κ3) is 3.22. The minimum atomic E-state index is -1.01. The molecule has 1 N–H and O–H groups in total. The predicted molar refractivity (Wildman–Crippen MR) is 61.6 cm³/mol. The third-order valence-electron chi connectivity index (χ3n) is 2.30. The Hall–Kier alpha value is -0.520. The van der Waals surface area contributed by atoms with E-state index < -0.39 is 10.8 Å². The summed E-state index contributed by atoms with van der Waals surface area (Å²) in [6.07, 6.45) is 6.88. The summed E-state index contributed by atoms with van der Waals surface area (Å²) in [4.78, 5) is 7.99. The highest BCUT2D eigenvalue weighted by Gasteiger charge is 2.21. The first-order valence-corrected chi connectivity index (χ1v) is 5.96. The Morgan fingerprint density at radius 2 is 2.33 bits per heavy atom. The van der Waals surface area contributed by atoms with Gasteiger partial charge in [0.1, 0.15) is 5.03 Å². The Labute approximate surface area is 97.8 Å². The number of nitrogens with zero attached hydrogens (tertiary/aromatic N) is 2. The lowest BCUT2D eigenvalue weighted by Crippen LogP contribution is -2.36. The van der Waals surface area contributed by atoms with Gasteiger partial charge in [0, 0.05) is 18.9 Å². The molecule has 4 nitrogen and oxygen atoms in total. The summed E-state index contributed by atoms with van der Waals surface area (Å²) >= 11 is 0. The van der Waals surface area contributed by atoms with Crippen LogP contribution in [0.3, 0.4) is 0 Å². The molecule has 15 heavy (non-hydrogen) atoms. The molecule has 0 aromatic carbocycles. The van der Waals surface area contributed by atoms with Crippen molar-refractivity contribution in [2.24, 2.45) is 0 Å². The topological polar surface area (TPSA) is 54.9 Å². The molecule has 2 atom stereocenters. The second kappa shape index (κ2) is 6.15. The van der Waals surface area contributed by atoms with E-state index in [9.17, 15) is 4.21 Å². The molecule has 84 valence electrons. The highest BCUT2D eigenvalue weighted by Crippen LogP contribution is 2.13. The van der Waals surface area contributed by atoms with Crippen LogP contribution >= 0.6 is 12.4 Å². The normalized spacial score (nSPS) is 22.8. The maximum atomic E-state index is 12.0. The summed E-state index contributed by atoms with van der Waals surface area (Å²) in [5, 5.41) is 4.04. The van der Waals surface area contributed by atoms with Crippen molar-refractivity contribution in [3.05, 3.63) is 18.6 Å². The maximum Gasteiger partial charge on any atom is 0.145 e.